The predicted molar refractivity (Wildman–Crippen MR) is 92.4 cm³/mol. The van der Waals surface area contributed by atoms with Gasteiger partial charge in [-0.15, -0.1) is 0 Å². The number of ether oxygens (including phenoxy) is 1. The minimum Gasteiger partial charge on any atom is -0.460 e. The van der Waals surface area contributed by atoms with E-state index in [1.807, 2.05) is 49.6 Å². The molecule has 0 saturated carbocycles. The first-order valence-electron chi connectivity index (χ1n) is 8.60. The van der Waals surface area contributed by atoms with Crippen LogP contribution in [0.3, 0.4) is 0 Å². The molecule has 1 aromatic heterocycles. The molecule has 0 radical (unpaired) electrons. The minimum atomic E-state index is -0.136. The van der Waals surface area contributed by atoms with Crippen molar-refractivity contribution in [2.45, 2.75) is 32.9 Å². The normalized spacial score (nSPS) is 16.2. The molecule has 1 aromatic carbocycles. The first-order chi connectivity index (χ1) is 11.7. The highest BCUT2D eigenvalue weighted by molar-refractivity contribution is 5.71. The second kappa shape index (κ2) is 8.11. The Balaban J connectivity index is 1.37. The summed E-state index contributed by atoms with van der Waals surface area (Å²) in [5, 5.41) is 0. The smallest absolute Gasteiger partial charge is 0.320 e. The molecule has 5 heteroatoms. The quantitative estimate of drug-likeness (QED) is 0.765. The van der Waals surface area contributed by atoms with E-state index in [0.29, 0.717) is 19.1 Å². The van der Waals surface area contributed by atoms with Gasteiger partial charge in [0.25, 0.3) is 0 Å². The molecule has 0 aliphatic carbocycles. The van der Waals surface area contributed by atoms with Gasteiger partial charge in [0.05, 0.1) is 6.54 Å². The van der Waals surface area contributed by atoms with Crippen LogP contribution in [0.4, 0.5) is 0 Å². The van der Waals surface area contributed by atoms with Crippen LogP contribution in [0.1, 0.15) is 24.2 Å². The molecule has 1 saturated heterocycles. The third-order valence-electron chi connectivity index (χ3n) is 4.68. The fourth-order valence-electron chi connectivity index (χ4n) is 3.17. The number of carbonyl (C=O) groups excluding carboxylic acids is 1. The zero-order chi connectivity index (χ0) is 16.8. The largest absolute Gasteiger partial charge is 0.460 e. The van der Waals surface area contributed by atoms with E-state index in [4.69, 9.17) is 4.74 Å². The molecular weight excluding hydrogens is 302 g/mol. The molecule has 1 aliphatic rings. The summed E-state index contributed by atoms with van der Waals surface area (Å²) < 4.78 is 7.58. The molecule has 2 aromatic rings. The standard InChI is InChI=1S/C19H25N3O2/c1-16-20-9-12-22(16)13-17-7-10-21(11-8-17)14-19(23)24-15-18-5-3-2-4-6-18/h2-6,9,12,17H,7-8,10-11,13-15H2,1H3. The number of hydrogen-bond donors (Lipinski definition) is 0. The molecule has 0 amide bonds. The lowest BCUT2D eigenvalue weighted by molar-refractivity contribution is -0.146. The average Bonchev–Trinajstić information content (AvgIpc) is 3.01. The number of likely N-dealkylation sites (tertiary alicyclic amines) is 1. The van der Waals surface area contributed by atoms with Crippen molar-refractivity contribution in [2.24, 2.45) is 5.92 Å². The van der Waals surface area contributed by atoms with E-state index in [0.717, 1.165) is 43.9 Å². The molecule has 0 N–H and O–H groups in total. The lowest BCUT2D eigenvalue weighted by Gasteiger charge is -2.31. The monoisotopic (exact) mass is 327 g/mol. The van der Waals surface area contributed by atoms with Crippen molar-refractivity contribution in [3.8, 4) is 0 Å². The van der Waals surface area contributed by atoms with Crippen molar-refractivity contribution in [3.05, 3.63) is 54.1 Å². The van der Waals surface area contributed by atoms with E-state index >= 15 is 0 Å². The average molecular weight is 327 g/mol. The summed E-state index contributed by atoms with van der Waals surface area (Å²) in [4.78, 5) is 18.5. The number of aryl methyl sites for hydroxylation is 1. The van der Waals surface area contributed by atoms with Crippen molar-refractivity contribution in [1.29, 1.82) is 0 Å². The maximum Gasteiger partial charge on any atom is 0.320 e. The van der Waals surface area contributed by atoms with E-state index in [1.54, 1.807) is 0 Å². The summed E-state index contributed by atoms with van der Waals surface area (Å²) in [6, 6.07) is 9.81. The van der Waals surface area contributed by atoms with Crippen LogP contribution in [-0.4, -0.2) is 40.1 Å². The first kappa shape index (κ1) is 16.7. The van der Waals surface area contributed by atoms with Crippen molar-refractivity contribution in [1.82, 2.24) is 14.5 Å². The number of benzene rings is 1. The predicted octanol–water partition coefficient (Wildman–Crippen LogP) is 2.65. The van der Waals surface area contributed by atoms with E-state index in [-0.39, 0.29) is 5.97 Å². The van der Waals surface area contributed by atoms with E-state index in [2.05, 4.69) is 14.5 Å². The number of esters is 1. The van der Waals surface area contributed by atoms with Gasteiger partial charge in [0, 0.05) is 18.9 Å². The summed E-state index contributed by atoms with van der Waals surface area (Å²) >= 11 is 0. The zero-order valence-electron chi connectivity index (χ0n) is 14.2. The molecule has 24 heavy (non-hydrogen) atoms. The SMILES string of the molecule is Cc1nccn1CC1CCN(CC(=O)OCc2ccccc2)CC1. The minimum absolute atomic E-state index is 0.136. The van der Waals surface area contributed by atoms with Crippen LogP contribution in [-0.2, 0) is 22.7 Å². The Hall–Kier alpha value is -2.14. The number of carbonyl (C=O) groups is 1. The molecular formula is C19H25N3O2. The van der Waals surface area contributed by atoms with Gasteiger partial charge in [0.2, 0.25) is 0 Å². The van der Waals surface area contributed by atoms with E-state index in [1.165, 1.54) is 0 Å². The highest BCUT2D eigenvalue weighted by Crippen LogP contribution is 2.19. The molecule has 1 fully saturated rings. The van der Waals surface area contributed by atoms with Gasteiger partial charge >= 0.3 is 5.97 Å². The van der Waals surface area contributed by atoms with Crippen LogP contribution in [0, 0.1) is 12.8 Å². The highest BCUT2D eigenvalue weighted by atomic mass is 16.5. The summed E-state index contributed by atoms with van der Waals surface area (Å²) in [6.45, 7) is 5.73. The molecule has 128 valence electrons. The molecule has 5 nitrogen and oxygen atoms in total. The number of hydrogen-bond acceptors (Lipinski definition) is 4. The Labute approximate surface area is 143 Å². The van der Waals surface area contributed by atoms with Crippen molar-refractivity contribution in [2.75, 3.05) is 19.6 Å². The van der Waals surface area contributed by atoms with Crippen LogP contribution in [0.25, 0.3) is 0 Å². The molecule has 0 spiro atoms. The number of aromatic nitrogens is 2. The topological polar surface area (TPSA) is 47.4 Å². The van der Waals surface area contributed by atoms with E-state index in [9.17, 15) is 4.79 Å². The number of nitrogens with zero attached hydrogens (tertiary/aromatic N) is 3. The highest BCUT2D eigenvalue weighted by Gasteiger charge is 2.21. The molecule has 0 unspecified atom stereocenters. The van der Waals surface area contributed by atoms with Gasteiger partial charge in [-0.05, 0) is 44.3 Å². The summed E-state index contributed by atoms with van der Waals surface area (Å²) in [5.74, 6) is 1.60. The van der Waals surface area contributed by atoms with Gasteiger partial charge in [-0.25, -0.2) is 4.98 Å². The fourth-order valence-corrected chi connectivity index (χ4v) is 3.17. The van der Waals surface area contributed by atoms with Gasteiger partial charge in [-0.1, -0.05) is 30.3 Å². The first-order valence-corrected chi connectivity index (χ1v) is 8.60. The van der Waals surface area contributed by atoms with Crippen LogP contribution in [0.5, 0.6) is 0 Å². The molecule has 0 atom stereocenters. The molecule has 2 heterocycles. The van der Waals surface area contributed by atoms with Crippen LogP contribution < -0.4 is 0 Å². The van der Waals surface area contributed by atoms with Gasteiger partial charge in [-0.3, -0.25) is 9.69 Å². The lowest BCUT2D eigenvalue weighted by Crippen LogP contribution is -2.38. The molecule has 1 aliphatic heterocycles. The zero-order valence-corrected chi connectivity index (χ0v) is 14.2. The molecule has 0 bridgehead atoms. The van der Waals surface area contributed by atoms with Crippen molar-refractivity contribution in [3.63, 3.8) is 0 Å². The maximum absolute atomic E-state index is 12.0. The fraction of sp³-hybridized carbons (Fsp3) is 0.474. The maximum atomic E-state index is 12.0. The van der Waals surface area contributed by atoms with Crippen molar-refractivity contribution >= 4 is 5.97 Å². The Kier molecular flexibility index (Phi) is 5.64. The lowest BCUT2D eigenvalue weighted by atomic mass is 9.96. The van der Waals surface area contributed by atoms with Crippen molar-refractivity contribution < 1.29 is 9.53 Å². The second-order valence-corrected chi connectivity index (χ2v) is 6.49. The Morgan fingerprint density at radius 2 is 2.00 bits per heavy atom. The third kappa shape index (κ3) is 4.68. The van der Waals surface area contributed by atoms with Crippen LogP contribution >= 0.6 is 0 Å². The van der Waals surface area contributed by atoms with Crippen LogP contribution in [0.2, 0.25) is 0 Å². The number of rotatable bonds is 6. The van der Waals surface area contributed by atoms with Gasteiger partial charge in [0.1, 0.15) is 12.4 Å². The van der Waals surface area contributed by atoms with E-state index < -0.39 is 0 Å². The Morgan fingerprint density at radius 1 is 1.25 bits per heavy atom. The Bertz CT molecular complexity index is 646. The number of piperidine rings is 1. The van der Waals surface area contributed by atoms with Gasteiger partial charge in [0.15, 0.2) is 0 Å². The van der Waals surface area contributed by atoms with Gasteiger partial charge in [-0.2, -0.15) is 0 Å². The Morgan fingerprint density at radius 3 is 2.67 bits per heavy atom. The van der Waals surface area contributed by atoms with Gasteiger partial charge < -0.3 is 9.30 Å². The summed E-state index contributed by atoms with van der Waals surface area (Å²) in [6.07, 6.45) is 6.13. The number of imidazole rings is 1. The second-order valence-electron chi connectivity index (χ2n) is 6.49. The van der Waals surface area contributed by atoms with Crippen LogP contribution in [0.15, 0.2) is 42.7 Å². The molecule has 3 rings (SSSR count). The summed E-state index contributed by atoms with van der Waals surface area (Å²) in [5.41, 5.74) is 1.03. The summed E-state index contributed by atoms with van der Waals surface area (Å²) in [7, 11) is 0. The third-order valence-corrected chi connectivity index (χ3v) is 4.68.